The summed E-state index contributed by atoms with van der Waals surface area (Å²) in [7, 11) is 0. The molecule has 18 heavy (non-hydrogen) atoms. The Balaban J connectivity index is 2.45. The normalized spacial score (nSPS) is 12.4. The van der Waals surface area contributed by atoms with E-state index in [0.29, 0.717) is 11.3 Å². The topological polar surface area (TPSA) is 61.8 Å². The number of benzene rings is 1. The number of rotatable bonds is 3. The summed E-state index contributed by atoms with van der Waals surface area (Å²) in [6.45, 7) is 3.47. The van der Waals surface area contributed by atoms with E-state index in [9.17, 15) is 9.59 Å². The van der Waals surface area contributed by atoms with Gasteiger partial charge in [0.15, 0.2) is 11.5 Å². The molecule has 96 valence electrons. The molecule has 1 aliphatic rings. The molecular weight excluding hydrogens is 260 g/mol. The van der Waals surface area contributed by atoms with Crippen molar-refractivity contribution >= 4 is 23.4 Å². The van der Waals surface area contributed by atoms with E-state index in [2.05, 4.69) is 4.74 Å². The molecule has 0 amide bonds. The van der Waals surface area contributed by atoms with Gasteiger partial charge in [0.05, 0.1) is 17.2 Å². The van der Waals surface area contributed by atoms with Gasteiger partial charge in [-0.3, -0.25) is 4.79 Å². The molecule has 0 unspecified atom stereocenters. The van der Waals surface area contributed by atoms with Crippen LogP contribution in [-0.4, -0.2) is 25.2 Å². The maximum Gasteiger partial charge on any atom is 0.379 e. The van der Waals surface area contributed by atoms with Gasteiger partial charge in [-0.15, -0.1) is 0 Å². The number of ketones is 1. The summed E-state index contributed by atoms with van der Waals surface area (Å²) in [5.74, 6) is -0.952. The lowest BCUT2D eigenvalue weighted by Gasteiger charge is -2.09. The Bertz CT molecular complexity index is 524. The molecule has 2 rings (SSSR count). The SMILES string of the molecule is CCOC(=O)C(=O)c1c(C)cc2c(c1Cl)OCO2. The smallest absolute Gasteiger partial charge is 0.379 e. The molecule has 0 atom stereocenters. The first-order chi connectivity index (χ1) is 8.56. The number of aryl methyl sites for hydroxylation is 1. The van der Waals surface area contributed by atoms with Crippen molar-refractivity contribution in [2.24, 2.45) is 0 Å². The molecule has 5 nitrogen and oxygen atoms in total. The third-order valence-corrected chi connectivity index (χ3v) is 2.85. The summed E-state index contributed by atoms with van der Waals surface area (Å²) in [6, 6.07) is 1.61. The highest BCUT2D eigenvalue weighted by Gasteiger charge is 2.29. The Morgan fingerprint density at radius 1 is 1.44 bits per heavy atom. The first-order valence-corrected chi connectivity index (χ1v) is 5.74. The van der Waals surface area contributed by atoms with Gasteiger partial charge in [0, 0.05) is 0 Å². The zero-order valence-corrected chi connectivity index (χ0v) is 10.7. The number of carbonyl (C=O) groups is 2. The summed E-state index contributed by atoms with van der Waals surface area (Å²) in [5, 5.41) is 0.0838. The van der Waals surface area contributed by atoms with Gasteiger partial charge in [-0.2, -0.15) is 0 Å². The van der Waals surface area contributed by atoms with Gasteiger partial charge in [0.1, 0.15) is 0 Å². The van der Waals surface area contributed by atoms with E-state index in [-0.39, 0.29) is 29.7 Å². The molecule has 1 aliphatic heterocycles. The second-order valence-electron chi connectivity index (χ2n) is 3.67. The van der Waals surface area contributed by atoms with Crippen molar-refractivity contribution in [1.29, 1.82) is 0 Å². The number of hydrogen-bond acceptors (Lipinski definition) is 5. The molecule has 0 aliphatic carbocycles. The van der Waals surface area contributed by atoms with Crippen molar-refractivity contribution in [3.63, 3.8) is 0 Å². The van der Waals surface area contributed by atoms with Crippen molar-refractivity contribution in [2.75, 3.05) is 13.4 Å². The molecule has 1 aromatic carbocycles. The minimum absolute atomic E-state index is 0.0472. The van der Waals surface area contributed by atoms with E-state index in [1.807, 2.05) is 0 Å². The molecule has 1 aromatic rings. The zero-order valence-electron chi connectivity index (χ0n) is 9.91. The first kappa shape index (κ1) is 12.7. The standard InChI is InChI=1S/C12H11ClO5/c1-3-16-12(15)10(14)8-6(2)4-7-11(9(8)13)18-5-17-7/h4H,3,5H2,1-2H3. The molecule has 6 heteroatoms. The van der Waals surface area contributed by atoms with Crippen LogP contribution in [0.4, 0.5) is 0 Å². The van der Waals surface area contributed by atoms with Crippen LogP contribution < -0.4 is 9.47 Å². The highest BCUT2D eigenvalue weighted by molar-refractivity contribution is 6.46. The summed E-state index contributed by atoms with van der Waals surface area (Å²) < 4.78 is 15.0. The van der Waals surface area contributed by atoms with Gasteiger partial charge in [-0.25, -0.2) is 4.79 Å². The Morgan fingerprint density at radius 3 is 2.83 bits per heavy atom. The maximum atomic E-state index is 11.9. The Hall–Kier alpha value is -1.75. The Kier molecular flexibility index (Phi) is 3.43. The van der Waals surface area contributed by atoms with E-state index in [4.69, 9.17) is 21.1 Å². The number of fused-ring (bicyclic) bond motifs is 1. The molecule has 1 heterocycles. The van der Waals surface area contributed by atoms with Crippen LogP contribution in [0.1, 0.15) is 22.8 Å². The van der Waals surface area contributed by atoms with Crippen LogP contribution in [0, 0.1) is 6.92 Å². The molecule has 0 N–H and O–H groups in total. The van der Waals surface area contributed by atoms with Crippen LogP contribution in [0.3, 0.4) is 0 Å². The van der Waals surface area contributed by atoms with E-state index in [1.54, 1.807) is 19.9 Å². The fraction of sp³-hybridized carbons (Fsp3) is 0.333. The average molecular weight is 271 g/mol. The van der Waals surface area contributed by atoms with E-state index in [1.165, 1.54) is 0 Å². The summed E-state index contributed by atoms with van der Waals surface area (Å²) >= 11 is 6.06. The fourth-order valence-corrected chi connectivity index (χ4v) is 2.08. The van der Waals surface area contributed by atoms with Crippen LogP contribution >= 0.6 is 11.6 Å². The molecule has 0 bridgehead atoms. The van der Waals surface area contributed by atoms with Crippen LogP contribution in [0.2, 0.25) is 5.02 Å². The summed E-state index contributed by atoms with van der Waals surface area (Å²) in [4.78, 5) is 23.4. The zero-order chi connectivity index (χ0) is 13.3. The number of esters is 1. The average Bonchev–Trinajstić information content (AvgIpc) is 2.77. The van der Waals surface area contributed by atoms with Crippen LogP contribution in [0.25, 0.3) is 0 Å². The quantitative estimate of drug-likeness (QED) is 0.478. The van der Waals surface area contributed by atoms with Crippen molar-refractivity contribution in [1.82, 2.24) is 0 Å². The van der Waals surface area contributed by atoms with Gasteiger partial charge >= 0.3 is 5.97 Å². The van der Waals surface area contributed by atoms with E-state index >= 15 is 0 Å². The summed E-state index contributed by atoms with van der Waals surface area (Å²) in [6.07, 6.45) is 0. The predicted molar refractivity (Wildman–Crippen MR) is 63.3 cm³/mol. The van der Waals surface area contributed by atoms with Gasteiger partial charge in [0.25, 0.3) is 5.78 Å². The van der Waals surface area contributed by atoms with Crippen LogP contribution in [0.5, 0.6) is 11.5 Å². The van der Waals surface area contributed by atoms with Crippen LogP contribution in [-0.2, 0) is 9.53 Å². The third-order valence-electron chi connectivity index (χ3n) is 2.49. The minimum atomic E-state index is -0.929. The predicted octanol–water partition coefficient (Wildman–Crippen LogP) is 2.12. The number of carbonyl (C=O) groups excluding carboxylic acids is 2. The molecule has 0 aromatic heterocycles. The highest BCUT2D eigenvalue weighted by Crippen LogP contribution is 2.42. The molecular formula is C12H11ClO5. The molecule has 0 fully saturated rings. The monoisotopic (exact) mass is 270 g/mol. The second kappa shape index (κ2) is 4.86. The number of hydrogen-bond donors (Lipinski definition) is 0. The number of Topliss-reactive ketones (excluding diaryl/α,β-unsaturated/α-hetero) is 1. The molecule has 0 saturated heterocycles. The number of halogens is 1. The van der Waals surface area contributed by atoms with Gasteiger partial charge in [-0.1, -0.05) is 11.6 Å². The maximum absolute atomic E-state index is 11.9. The van der Waals surface area contributed by atoms with Gasteiger partial charge < -0.3 is 14.2 Å². The minimum Gasteiger partial charge on any atom is -0.460 e. The van der Waals surface area contributed by atoms with Gasteiger partial charge in [-0.05, 0) is 25.5 Å². The lowest BCUT2D eigenvalue weighted by atomic mass is 10.0. The molecule has 0 spiro atoms. The molecule has 0 saturated carbocycles. The van der Waals surface area contributed by atoms with E-state index < -0.39 is 11.8 Å². The highest BCUT2D eigenvalue weighted by atomic mass is 35.5. The van der Waals surface area contributed by atoms with Crippen molar-refractivity contribution < 1.29 is 23.8 Å². The van der Waals surface area contributed by atoms with Gasteiger partial charge in [0.2, 0.25) is 6.79 Å². The first-order valence-electron chi connectivity index (χ1n) is 5.36. The Labute approximate surface area is 109 Å². The van der Waals surface area contributed by atoms with Crippen LogP contribution in [0.15, 0.2) is 6.07 Å². The fourth-order valence-electron chi connectivity index (χ4n) is 1.70. The van der Waals surface area contributed by atoms with Crippen molar-refractivity contribution in [3.05, 3.63) is 22.2 Å². The van der Waals surface area contributed by atoms with E-state index in [0.717, 1.165) is 0 Å². The largest absolute Gasteiger partial charge is 0.460 e. The third kappa shape index (κ3) is 2.01. The van der Waals surface area contributed by atoms with Crippen molar-refractivity contribution in [2.45, 2.75) is 13.8 Å². The lowest BCUT2D eigenvalue weighted by Crippen LogP contribution is -2.19. The molecule has 0 radical (unpaired) electrons. The van der Waals surface area contributed by atoms with Crippen molar-refractivity contribution in [3.8, 4) is 11.5 Å². The lowest BCUT2D eigenvalue weighted by molar-refractivity contribution is -0.137. The Morgan fingerprint density at radius 2 is 2.17 bits per heavy atom. The second-order valence-corrected chi connectivity index (χ2v) is 4.04. The summed E-state index contributed by atoms with van der Waals surface area (Å²) in [5.41, 5.74) is 0.640. The number of ether oxygens (including phenoxy) is 3.